The number of hydrogen-bond acceptors (Lipinski definition) is 6. The van der Waals surface area contributed by atoms with Gasteiger partial charge in [0.05, 0.1) is 0 Å². The van der Waals surface area contributed by atoms with Crippen LogP contribution in [0.25, 0.3) is 0 Å². The summed E-state index contributed by atoms with van der Waals surface area (Å²) in [6.45, 7) is 14.5. The Balaban J connectivity index is 4.07. The van der Waals surface area contributed by atoms with Crippen molar-refractivity contribution >= 4 is 11.9 Å². The Morgan fingerprint density at radius 1 is 0.453 bits per heavy atom. The number of ether oxygens (including phenoxy) is 2. The third kappa shape index (κ3) is 37.1. The maximum atomic E-state index is 12.2. The highest BCUT2D eigenvalue weighted by Crippen LogP contribution is 2.21. The van der Waals surface area contributed by atoms with Crippen LogP contribution in [0.2, 0.25) is 0 Å². The zero-order valence-electron chi connectivity index (χ0n) is 36.3. The Bertz CT molecular complexity index is 779. The molecule has 0 atom stereocenters. The normalized spacial score (nSPS) is 12.1. The van der Waals surface area contributed by atoms with Crippen LogP contribution in [0.3, 0.4) is 0 Å². The summed E-state index contributed by atoms with van der Waals surface area (Å²) in [6, 6.07) is 0. The third-order valence-corrected chi connectivity index (χ3v) is 10.6. The number of unbranched alkanes of at least 4 members (excludes halogenated alkanes) is 12. The highest BCUT2D eigenvalue weighted by atomic mass is 16.5. The average Bonchev–Trinajstić information content (AvgIpc) is 3.14. The molecule has 0 unspecified atom stereocenters. The van der Waals surface area contributed by atoms with E-state index in [-0.39, 0.29) is 11.9 Å². The van der Waals surface area contributed by atoms with E-state index >= 15 is 0 Å². The number of nitrogens with zero attached hydrogens (tertiary/aromatic N) is 2. The van der Waals surface area contributed by atoms with Crippen LogP contribution in [0, 0.1) is 11.8 Å². The van der Waals surface area contributed by atoms with Crippen LogP contribution < -0.4 is 0 Å². The summed E-state index contributed by atoms with van der Waals surface area (Å²) in [5, 5.41) is 0. The van der Waals surface area contributed by atoms with E-state index < -0.39 is 0 Å². The second-order valence-corrected chi connectivity index (χ2v) is 16.1. The molecule has 6 nitrogen and oxygen atoms in total. The van der Waals surface area contributed by atoms with E-state index in [1.54, 1.807) is 0 Å². The first kappa shape index (κ1) is 51.3. The molecule has 0 saturated heterocycles. The van der Waals surface area contributed by atoms with Crippen LogP contribution >= 0.6 is 0 Å². The summed E-state index contributed by atoms with van der Waals surface area (Å²) in [6.07, 6.45) is 40.0. The first-order chi connectivity index (χ1) is 25.9. The van der Waals surface area contributed by atoms with Crippen molar-refractivity contribution in [3.8, 4) is 0 Å². The maximum absolute atomic E-state index is 12.2. The molecule has 6 heteroatoms. The van der Waals surface area contributed by atoms with Crippen LogP contribution in [0.5, 0.6) is 0 Å². The van der Waals surface area contributed by atoms with E-state index in [1.807, 2.05) is 12.2 Å². The molecule has 0 radical (unpaired) electrons. The number of carbonyl (C=O) groups is 2. The van der Waals surface area contributed by atoms with Gasteiger partial charge in [0.15, 0.2) is 0 Å². The molecule has 0 aliphatic carbocycles. The second-order valence-electron chi connectivity index (χ2n) is 16.1. The van der Waals surface area contributed by atoms with Crippen molar-refractivity contribution in [3.63, 3.8) is 0 Å². The van der Waals surface area contributed by atoms with E-state index in [1.165, 1.54) is 122 Å². The van der Waals surface area contributed by atoms with Crippen molar-refractivity contribution in [2.24, 2.45) is 11.8 Å². The summed E-state index contributed by atoms with van der Waals surface area (Å²) in [4.78, 5) is 29.3. The maximum Gasteiger partial charge on any atom is 0.306 e. The highest BCUT2D eigenvalue weighted by Gasteiger charge is 2.09. The summed E-state index contributed by atoms with van der Waals surface area (Å²) in [5.41, 5.74) is 0. The number of hydrogen-bond donors (Lipinski definition) is 0. The van der Waals surface area contributed by atoms with E-state index in [0.717, 1.165) is 76.5 Å². The van der Waals surface area contributed by atoms with Crippen LogP contribution in [-0.2, 0) is 19.1 Å². The fraction of sp³-hybridized carbons (Fsp3) is 0.872. The lowest BCUT2D eigenvalue weighted by Gasteiger charge is -2.23. The minimum atomic E-state index is -0.0536. The van der Waals surface area contributed by atoms with Crippen molar-refractivity contribution in [3.05, 3.63) is 24.3 Å². The van der Waals surface area contributed by atoms with E-state index in [2.05, 4.69) is 63.7 Å². The molecule has 0 fully saturated rings. The quantitative estimate of drug-likeness (QED) is 0.0353. The molecule has 0 bridgehead atoms. The number of carbonyl (C=O) groups excluding carboxylic acids is 2. The molecule has 0 aromatic rings. The van der Waals surface area contributed by atoms with Gasteiger partial charge in [0.25, 0.3) is 0 Å². The minimum Gasteiger partial charge on any atom is -0.461 e. The van der Waals surface area contributed by atoms with Gasteiger partial charge >= 0.3 is 11.9 Å². The lowest BCUT2D eigenvalue weighted by atomic mass is 9.93. The van der Waals surface area contributed by atoms with Gasteiger partial charge in [0.1, 0.15) is 13.2 Å². The first-order valence-electron chi connectivity index (χ1n) is 22.8. The number of allylic oxidation sites excluding steroid dienone is 2. The van der Waals surface area contributed by atoms with Gasteiger partial charge in [-0.15, -0.1) is 0 Å². The zero-order valence-corrected chi connectivity index (χ0v) is 36.3. The molecule has 0 aliphatic heterocycles. The number of esters is 2. The van der Waals surface area contributed by atoms with Crippen molar-refractivity contribution < 1.29 is 19.1 Å². The van der Waals surface area contributed by atoms with E-state index in [4.69, 9.17) is 9.47 Å². The Labute approximate surface area is 330 Å². The molecule has 0 saturated carbocycles. The van der Waals surface area contributed by atoms with E-state index in [0.29, 0.717) is 26.1 Å². The molecule has 0 amide bonds. The first-order valence-corrected chi connectivity index (χ1v) is 22.8. The molecule has 0 heterocycles. The Kier molecular flexibility index (Phi) is 38.8. The largest absolute Gasteiger partial charge is 0.461 e. The van der Waals surface area contributed by atoms with Crippen molar-refractivity contribution in [2.45, 2.75) is 201 Å². The van der Waals surface area contributed by atoms with Crippen molar-refractivity contribution in [1.29, 1.82) is 0 Å². The monoisotopic (exact) mass is 747 g/mol. The Morgan fingerprint density at radius 3 is 1.19 bits per heavy atom. The van der Waals surface area contributed by atoms with Crippen LogP contribution in [0.1, 0.15) is 201 Å². The van der Waals surface area contributed by atoms with Crippen molar-refractivity contribution in [1.82, 2.24) is 9.80 Å². The van der Waals surface area contributed by atoms with Gasteiger partial charge in [-0.2, -0.15) is 0 Å². The predicted octanol–water partition coefficient (Wildman–Crippen LogP) is 12.9. The zero-order chi connectivity index (χ0) is 39.0. The fourth-order valence-corrected chi connectivity index (χ4v) is 7.09. The summed E-state index contributed by atoms with van der Waals surface area (Å²) in [5.74, 6) is 1.45. The molecular weight excluding hydrogens is 657 g/mol. The lowest BCUT2D eigenvalue weighted by molar-refractivity contribution is -0.143. The molecule has 0 aliphatic rings. The number of rotatable bonds is 40. The molecular formula is C47H90N2O4. The molecule has 0 rings (SSSR count). The highest BCUT2D eigenvalue weighted by molar-refractivity contribution is 5.69. The molecule has 0 aromatic heterocycles. The van der Waals surface area contributed by atoms with Crippen molar-refractivity contribution in [2.75, 3.05) is 53.5 Å². The molecule has 0 aromatic carbocycles. The molecule has 0 N–H and O–H groups in total. The van der Waals surface area contributed by atoms with Crippen LogP contribution in [-0.4, -0.2) is 75.2 Å². The summed E-state index contributed by atoms with van der Waals surface area (Å²) >= 11 is 0. The standard InChI is InChI=1S/C47H90N2O4/c1-7-11-30-44(31-12-8-2)34-23-27-42-52-46(50)36-21-17-15-19-25-39-49(41-29-38-48(5)6)40-26-20-16-18-22-37-47(51)53-43-28-24-35-45(32-13-9-3)33-14-10-4/h23-24,27-28,44-45H,7-22,25-26,29-43H2,1-6H3. The average molecular weight is 747 g/mol. The molecule has 312 valence electrons. The summed E-state index contributed by atoms with van der Waals surface area (Å²) < 4.78 is 10.9. The smallest absolute Gasteiger partial charge is 0.306 e. The van der Waals surface area contributed by atoms with Crippen LogP contribution in [0.15, 0.2) is 24.3 Å². The van der Waals surface area contributed by atoms with Gasteiger partial charge in [-0.3, -0.25) is 9.59 Å². The van der Waals surface area contributed by atoms with Crippen LogP contribution in [0.4, 0.5) is 0 Å². The lowest BCUT2D eigenvalue weighted by Crippen LogP contribution is -2.29. The van der Waals surface area contributed by atoms with Gasteiger partial charge in [-0.25, -0.2) is 0 Å². The van der Waals surface area contributed by atoms with Gasteiger partial charge in [0, 0.05) is 12.8 Å². The topological polar surface area (TPSA) is 59.1 Å². The van der Waals surface area contributed by atoms with Gasteiger partial charge in [-0.1, -0.05) is 168 Å². The second kappa shape index (κ2) is 40.0. The predicted molar refractivity (Wildman–Crippen MR) is 230 cm³/mol. The van der Waals surface area contributed by atoms with Gasteiger partial charge in [-0.05, 0) is 97.1 Å². The third-order valence-electron chi connectivity index (χ3n) is 10.6. The van der Waals surface area contributed by atoms with Gasteiger partial charge < -0.3 is 19.3 Å². The Hall–Kier alpha value is -1.66. The summed E-state index contributed by atoms with van der Waals surface area (Å²) in [7, 11) is 4.31. The van der Waals surface area contributed by atoms with Gasteiger partial charge in [0.2, 0.25) is 0 Å². The Morgan fingerprint density at radius 2 is 0.811 bits per heavy atom. The minimum absolute atomic E-state index is 0.0536. The molecule has 0 spiro atoms. The molecule has 53 heavy (non-hydrogen) atoms. The SMILES string of the molecule is CCCCC(CC=CCOC(=O)CCCCCCCN(CCCCCCCC(=O)OCC=CCC(CCCC)CCCC)CCCN(C)C)CCCC. The van der Waals surface area contributed by atoms with E-state index in [9.17, 15) is 9.59 Å². The fourth-order valence-electron chi connectivity index (χ4n) is 7.09.